The molecule has 300 valence electrons. The van der Waals surface area contributed by atoms with E-state index in [-0.39, 0.29) is 21.1 Å². The Hall–Kier alpha value is -7.40. The number of ether oxygens (including phenoxy) is 1. The van der Waals surface area contributed by atoms with Gasteiger partial charge in [0.2, 0.25) is 0 Å². The Morgan fingerprint density at radius 2 is 1.21 bits per heavy atom. The monoisotopic (exact) mass is 977 g/mol. The Kier molecular flexibility index (Phi) is 9.25. The number of fused-ring (bicyclic) bond motifs is 7. The molecule has 0 saturated carbocycles. The van der Waals surface area contributed by atoms with Crippen LogP contribution in [0.15, 0.2) is 194 Å². The minimum atomic E-state index is 0. The number of pyridine rings is 1. The van der Waals surface area contributed by atoms with Crippen molar-refractivity contribution in [3.8, 4) is 34.1 Å². The van der Waals surface area contributed by atoms with Crippen molar-refractivity contribution >= 4 is 66.4 Å². The maximum atomic E-state index is 6.66. The fourth-order valence-electron chi connectivity index (χ4n) is 8.88. The molecule has 0 fully saturated rings. The average molecular weight is 978 g/mol. The van der Waals surface area contributed by atoms with Crippen molar-refractivity contribution in [1.82, 2.24) is 14.1 Å². The van der Waals surface area contributed by atoms with Crippen LogP contribution in [0.2, 0.25) is 0 Å². The minimum Gasteiger partial charge on any atom is -0.509 e. The third-order valence-corrected chi connectivity index (χ3v) is 11.7. The Labute approximate surface area is 373 Å². The first-order valence-corrected chi connectivity index (χ1v) is 20.4. The second-order valence-electron chi connectivity index (χ2n) is 15.5. The van der Waals surface area contributed by atoms with Crippen LogP contribution in [-0.2, 0) is 21.1 Å². The fourth-order valence-corrected chi connectivity index (χ4v) is 8.88. The Balaban J connectivity index is 0.00000432. The zero-order valence-corrected chi connectivity index (χ0v) is 35.8. The van der Waals surface area contributed by atoms with E-state index < -0.39 is 0 Å². The van der Waals surface area contributed by atoms with Crippen molar-refractivity contribution in [2.24, 2.45) is 0 Å². The summed E-state index contributed by atoms with van der Waals surface area (Å²) in [4.78, 5) is 9.55. The van der Waals surface area contributed by atoms with Gasteiger partial charge in [-0.3, -0.25) is 0 Å². The molecule has 6 nitrogen and oxygen atoms in total. The molecule has 0 atom stereocenters. The molecule has 1 aliphatic heterocycles. The topological polar surface area (TPSA) is 38.5 Å². The largest absolute Gasteiger partial charge is 0.509 e. The van der Waals surface area contributed by atoms with E-state index in [0.29, 0.717) is 11.5 Å². The molecular formula is C55H36N5OPt-3. The van der Waals surface area contributed by atoms with E-state index in [1.165, 1.54) is 10.9 Å². The molecule has 0 spiro atoms. The number of rotatable bonds is 7. The quantitative estimate of drug-likeness (QED) is 0.149. The van der Waals surface area contributed by atoms with Gasteiger partial charge in [0, 0.05) is 83.9 Å². The van der Waals surface area contributed by atoms with Crippen LogP contribution in [0.3, 0.4) is 0 Å². The first-order valence-electron chi connectivity index (χ1n) is 20.4. The molecule has 0 saturated heterocycles. The molecule has 0 unspecified atom stereocenters. The molecule has 0 aliphatic carbocycles. The molecule has 4 heterocycles. The summed E-state index contributed by atoms with van der Waals surface area (Å²) in [5, 5.41) is 4.48. The standard InChI is InChI=1S/C55H36N5O.Pt/c1-37-24-28-50-47(30-37)48-35-56-55(34-53(48)59(50)41-18-9-4-10-19-41)60-49-23-12-11-22-45(49)46-27-26-44(33-52(46)60)61-43-21-13-20-42(32-43)58-36-57(40-16-7-3-8-17-40)51-29-25-39(31-54(51)58)38-14-5-2-6-15-38;/h2-31,34-36H,1H3;/q-3;. The second-order valence-corrected chi connectivity index (χ2v) is 15.5. The van der Waals surface area contributed by atoms with Gasteiger partial charge in [-0.1, -0.05) is 108 Å². The summed E-state index contributed by atoms with van der Waals surface area (Å²) < 4.78 is 11.2. The van der Waals surface area contributed by atoms with Gasteiger partial charge >= 0.3 is 0 Å². The van der Waals surface area contributed by atoms with E-state index in [9.17, 15) is 0 Å². The molecule has 11 aromatic rings. The molecular weight excluding hydrogens is 942 g/mol. The molecule has 12 rings (SSSR count). The van der Waals surface area contributed by atoms with E-state index in [2.05, 4.69) is 202 Å². The number of nitrogens with zero attached hydrogens (tertiary/aromatic N) is 5. The maximum absolute atomic E-state index is 6.66. The first-order chi connectivity index (χ1) is 30.1. The fraction of sp³-hybridized carbons (Fsp3) is 0.0182. The summed E-state index contributed by atoms with van der Waals surface area (Å²) >= 11 is 0. The second kappa shape index (κ2) is 15.3. The number of hydrogen-bond acceptors (Lipinski definition) is 4. The van der Waals surface area contributed by atoms with Crippen molar-refractivity contribution < 1.29 is 25.8 Å². The summed E-state index contributed by atoms with van der Waals surface area (Å²) in [5.41, 5.74) is 12.9. The van der Waals surface area contributed by atoms with Gasteiger partial charge in [-0.05, 0) is 78.0 Å². The van der Waals surface area contributed by atoms with Crippen LogP contribution in [-0.4, -0.2) is 14.1 Å². The number of para-hydroxylation sites is 3. The van der Waals surface area contributed by atoms with Crippen molar-refractivity contribution in [3.63, 3.8) is 0 Å². The molecule has 1 aliphatic rings. The summed E-state index contributed by atoms with van der Waals surface area (Å²) in [5.74, 6) is 1.98. The van der Waals surface area contributed by atoms with Gasteiger partial charge in [-0.25, -0.2) is 4.98 Å². The average Bonchev–Trinajstić information content (AvgIpc) is 3.97. The van der Waals surface area contributed by atoms with Crippen LogP contribution in [0, 0.1) is 25.7 Å². The Morgan fingerprint density at radius 3 is 2.03 bits per heavy atom. The predicted octanol–water partition coefficient (Wildman–Crippen LogP) is 14.1. The van der Waals surface area contributed by atoms with Gasteiger partial charge in [0.1, 0.15) is 5.82 Å². The third-order valence-electron chi connectivity index (χ3n) is 11.7. The van der Waals surface area contributed by atoms with E-state index in [1.54, 1.807) is 0 Å². The zero-order chi connectivity index (χ0) is 40.4. The summed E-state index contributed by atoms with van der Waals surface area (Å²) in [6, 6.07) is 72.8. The molecule has 0 bridgehead atoms. The number of hydrogen-bond donors (Lipinski definition) is 0. The molecule has 0 N–H and O–H groups in total. The van der Waals surface area contributed by atoms with Gasteiger partial charge in [-0.2, -0.15) is 12.1 Å². The van der Waals surface area contributed by atoms with Crippen molar-refractivity contribution in [3.05, 3.63) is 219 Å². The van der Waals surface area contributed by atoms with E-state index in [4.69, 9.17) is 9.72 Å². The molecule has 3 aromatic heterocycles. The van der Waals surface area contributed by atoms with Gasteiger partial charge in [0.25, 0.3) is 0 Å². The van der Waals surface area contributed by atoms with Crippen molar-refractivity contribution in [1.29, 1.82) is 0 Å². The van der Waals surface area contributed by atoms with Gasteiger partial charge < -0.3 is 23.7 Å². The molecule has 0 radical (unpaired) electrons. The van der Waals surface area contributed by atoms with Crippen molar-refractivity contribution in [2.45, 2.75) is 6.92 Å². The van der Waals surface area contributed by atoms with Crippen LogP contribution >= 0.6 is 0 Å². The van der Waals surface area contributed by atoms with Crippen LogP contribution in [0.1, 0.15) is 5.56 Å². The smallest absolute Gasteiger partial charge is 0.137 e. The van der Waals surface area contributed by atoms with E-state index in [1.807, 2.05) is 36.5 Å². The van der Waals surface area contributed by atoms with Crippen LogP contribution < -0.4 is 14.5 Å². The van der Waals surface area contributed by atoms with E-state index >= 15 is 0 Å². The van der Waals surface area contributed by atoms with Crippen LogP contribution in [0.5, 0.6) is 11.5 Å². The van der Waals surface area contributed by atoms with Crippen LogP contribution in [0.4, 0.5) is 22.7 Å². The summed E-state index contributed by atoms with van der Waals surface area (Å²) in [6.07, 6.45) is 2.02. The molecule has 62 heavy (non-hydrogen) atoms. The SMILES string of the molecule is Cc1ccc2c(c1)c1cnc(-n3c4[c-]c(Oc5[c-]c(N6[CH-]N(c7ccccc7)c7ccc(-c8ccccc8)cc76)ccc5)ccc4c4ccccc43)cc1n2-c1ccccc1.[Pt]. The number of aryl methyl sites for hydroxylation is 1. The first kappa shape index (κ1) is 37.6. The minimum absolute atomic E-state index is 0. The summed E-state index contributed by atoms with van der Waals surface area (Å²) in [6.45, 7) is 4.27. The zero-order valence-electron chi connectivity index (χ0n) is 33.5. The van der Waals surface area contributed by atoms with Gasteiger partial charge in [-0.15, -0.1) is 48.1 Å². The van der Waals surface area contributed by atoms with Gasteiger partial charge in [0.15, 0.2) is 0 Å². The van der Waals surface area contributed by atoms with Crippen LogP contribution in [0.25, 0.3) is 66.2 Å². The molecule has 7 heteroatoms. The maximum Gasteiger partial charge on any atom is 0.137 e. The van der Waals surface area contributed by atoms with Gasteiger partial charge in [0.05, 0.1) is 11.0 Å². The number of aromatic nitrogens is 3. The van der Waals surface area contributed by atoms with Crippen molar-refractivity contribution in [2.75, 3.05) is 9.80 Å². The summed E-state index contributed by atoms with van der Waals surface area (Å²) in [7, 11) is 0. The van der Waals surface area contributed by atoms with E-state index in [0.717, 1.165) is 83.6 Å². The molecule has 0 amide bonds. The normalized spacial score (nSPS) is 12.3. The number of anilines is 4. The third kappa shape index (κ3) is 6.26. The predicted molar refractivity (Wildman–Crippen MR) is 249 cm³/mol. The Morgan fingerprint density at radius 1 is 0.484 bits per heavy atom. The number of benzene rings is 8. The molecule has 8 aromatic carbocycles. The Bertz CT molecular complexity index is 3450.